The molecule has 33 heteroatoms. The van der Waals surface area contributed by atoms with Gasteiger partial charge in [-0.15, -0.1) is 0 Å². The lowest BCUT2D eigenvalue weighted by atomic mass is 9.95. The van der Waals surface area contributed by atoms with Crippen molar-refractivity contribution in [1.82, 2.24) is 0 Å². The Morgan fingerprint density at radius 2 is 0.523 bits per heavy atom. The van der Waals surface area contributed by atoms with Gasteiger partial charge in [0.2, 0.25) is 0 Å². The standard InChI is InChI=1S/C32H7BrF28N4/c33-8-7-15-18(23(38,39)27(46,47)31(56,57)58)13-4-3-11(63-13)16(21(34,35)25(42,43)29(50,51)52)9-1-2-10(62-9)17(22(36,37)26(44,45)30(53,54)55)12-5-6-14(64-12)19(20(8)65-15)24(40,41)28(48,49)32(59,60)61/h1-7H. The van der Waals surface area contributed by atoms with E-state index in [1.807, 2.05) is 15.9 Å². The van der Waals surface area contributed by atoms with E-state index in [-0.39, 0.29) is 0 Å². The third-order valence-corrected chi connectivity index (χ3v) is 9.53. The van der Waals surface area contributed by atoms with Gasteiger partial charge >= 0.3 is 72.1 Å². The molecule has 0 aromatic heterocycles. The van der Waals surface area contributed by atoms with Gasteiger partial charge in [0.1, 0.15) is 0 Å². The van der Waals surface area contributed by atoms with E-state index < -0.39 is 187 Å². The van der Waals surface area contributed by atoms with Gasteiger partial charge in [-0.1, -0.05) is 0 Å². The van der Waals surface area contributed by atoms with E-state index in [4.69, 9.17) is 0 Å². The topological polar surface area (TPSA) is 49.4 Å². The second kappa shape index (κ2) is 14.6. The van der Waals surface area contributed by atoms with Gasteiger partial charge in [-0.2, -0.15) is 123 Å². The second-order valence-electron chi connectivity index (χ2n) is 13.1. The highest BCUT2D eigenvalue weighted by Crippen LogP contribution is 2.58. The summed E-state index contributed by atoms with van der Waals surface area (Å²) in [5.41, 5.74) is -32.9. The van der Waals surface area contributed by atoms with Gasteiger partial charge in [0.05, 0.1) is 67.9 Å². The normalized spacial score (nSPS) is 20.1. The van der Waals surface area contributed by atoms with Crippen LogP contribution in [0.2, 0.25) is 0 Å². The minimum atomic E-state index is -7.56. The van der Waals surface area contributed by atoms with Crippen molar-refractivity contribution >= 4 is 38.8 Å². The SMILES string of the molecule is FC(F)(F)C(F)(F)C(F)(F)C1=C2C=CC(=N2)C(C(F)(F)C(F)(F)C(F)(F)F)=C2C=CC(=N2)C(C(F)(F)C(F)(F)C(F)(F)F)=C2N=C(C=C2Br)C(C(F)(F)C(F)(F)C(F)(F)F)=C2C=CC1=N2. The number of aliphatic imine (C=N–C) groups is 4. The van der Waals surface area contributed by atoms with E-state index in [2.05, 4.69) is 20.0 Å². The van der Waals surface area contributed by atoms with E-state index in [9.17, 15) is 87.8 Å². The van der Waals surface area contributed by atoms with Crippen LogP contribution in [0.25, 0.3) is 0 Å². The average molecular weight is 1060 g/mol. The molecular formula is C32H7BrF28N4. The molecular weight excluding hydrogens is 1050 g/mol. The molecule has 5 heterocycles. The van der Waals surface area contributed by atoms with E-state index in [1.54, 1.807) is 0 Å². The number of fused-ring (bicyclic) bond motifs is 4. The number of nitrogens with zero attached hydrogens (tertiary/aromatic N) is 4. The molecule has 0 saturated carbocycles. The summed E-state index contributed by atoms with van der Waals surface area (Å²) < 4.78 is 402. The summed E-state index contributed by atoms with van der Waals surface area (Å²) in [6, 6.07) is 0. The quantitative estimate of drug-likeness (QED) is 0.218. The summed E-state index contributed by atoms with van der Waals surface area (Å²) in [7, 11) is 0. The predicted octanol–water partition coefficient (Wildman–Crippen LogP) is 13.1. The first kappa shape index (κ1) is 51.1. The second-order valence-corrected chi connectivity index (χ2v) is 13.9. The fourth-order valence-electron chi connectivity index (χ4n) is 5.75. The van der Waals surface area contributed by atoms with E-state index in [0.717, 1.165) is 0 Å². The Labute approximate surface area is 346 Å². The monoisotopic (exact) mass is 1060 g/mol. The highest BCUT2D eigenvalue weighted by atomic mass is 79.9. The lowest BCUT2D eigenvalue weighted by Crippen LogP contribution is -2.54. The summed E-state index contributed by atoms with van der Waals surface area (Å²) in [5, 5.41) is 0. The third kappa shape index (κ3) is 7.34. The van der Waals surface area contributed by atoms with Crippen LogP contribution in [0, 0.1) is 0 Å². The zero-order valence-electron chi connectivity index (χ0n) is 29.3. The van der Waals surface area contributed by atoms with Crippen molar-refractivity contribution in [3.8, 4) is 0 Å². The molecule has 65 heavy (non-hydrogen) atoms. The maximum atomic E-state index is 15.7. The van der Waals surface area contributed by atoms with Crippen LogP contribution >= 0.6 is 15.9 Å². The Kier molecular flexibility index (Phi) is 11.4. The van der Waals surface area contributed by atoms with Gasteiger partial charge in [0.25, 0.3) is 0 Å². The Hall–Kier alpha value is -4.88. The molecule has 0 aliphatic carbocycles. The van der Waals surface area contributed by atoms with Crippen molar-refractivity contribution in [2.45, 2.75) is 72.1 Å². The molecule has 0 amide bonds. The first-order valence-electron chi connectivity index (χ1n) is 15.8. The first-order valence-corrected chi connectivity index (χ1v) is 16.6. The van der Waals surface area contributed by atoms with Crippen molar-refractivity contribution in [3.63, 3.8) is 0 Å². The van der Waals surface area contributed by atoms with E-state index in [0.29, 0.717) is 0 Å². The molecule has 4 nitrogen and oxygen atoms in total. The fraction of sp³-hybridized carbons (Fsp3) is 0.375. The van der Waals surface area contributed by atoms with Crippen LogP contribution in [0.4, 0.5) is 123 Å². The average Bonchev–Trinajstić information content (AvgIpc) is 3.93. The molecule has 0 N–H and O–H groups in total. The Morgan fingerprint density at radius 3 is 0.785 bits per heavy atom. The number of alkyl halides is 28. The molecule has 0 spiro atoms. The van der Waals surface area contributed by atoms with Crippen LogP contribution in [-0.2, 0) is 0 Å². The third-order valence-electron chi connectivity index (χ3n) is 8.93. The van der Waals surface area contributed by atoms with E-state index in [1.165, 1.54) is 0 Å². The van der Waals surface area contributed by atoms with Gasteiger partial charge in [-0.25, -0.2) is 20.0 Å². The zero-order chi connectivity index (χ0) is 50.3. The highest BCUT2D eigenvalue weighted by Gasteiger charge is 2.79. The van der Waals surface area contributed by atoms with Gasteiger partial charge in [0, 0.05) is 4.48 Å². The summed E-state index contributed by atoms with van der Waals surface area (Å²) in [4.78, 5) is 10.5. The predicted molar refractivity (Wildman–Crippen MR) is 166 cm³/mol. The Bertz CT molecular complexity index is 2480. The minimum Gasteiger partial charge on any atom is -0.248 e. The zero-order valence-corrected chi connectivity index (χ0v) is 30.9. The lowest BCUT2D eigenvalue weighted by molar-refractivity contribution is -0.343. The van der Waals surface area contributed by atoms with Crippen molar-refractivity contribution in [2.75, 3.05) is 0 Å². The van der Waals surface area contributed by atoms with Crippen molar-refractivity contribution in [3.05, 3.63) is 92.1 Å². The van der Waals surface area contributed by atoms with Gasteiger partial charge in [-0.3, -0.25) is 0 Å². The van der Waals surface area contributed by atoms with Crippen LogP contribution < -0.4 is 0 Å². The minimum absolute atomic E-state index is 0.527. The maximum absolute atomic E-state index is 15.7. The molecule has 0 saturated heterocycles. The van der Waals surface area contributed by atoms with Crippen LogP contribution in [0.5, 0.6) is 0 Å². The lowest BCUT2D eigenvalue weighted by Gasteiger charge is -2.31. The molecule has 0 aromatic rings. The largest absolute Gasteiger partial charge is 0.460 e. The number of rotatable bonds is 8. The van der Waals surface area contributed by atoms with Crippen molar-refractivity contribution in [1.29, 1.82) is 0 Å². The first-order chi connectivity index (χ1) is 28.8. The van der Waals surface area contributed by atoms with Gasteiger partial charge in [0.15, 0.2) is 0 Å². The summed E-state index contributed by atoms with van der Waals surface area (Å²) >= 11 is 2.05. The van der Waals surface area contributed by atoms with Crippen LogP contribution in [0.15, 0.2) is 112 Å². The summed E-state index contributed by atoms with van der Waals surface area (Å²) in [6.07, 6.45) is -33.7. The van der Waals surface area contributed by atoms with Crippen LogP contribution in [0.3, 0.4) is 0 Å². The highest BCUT2D eigenvalue weighted by molar-refractivity contribution is 9.12. The fourth-order valence-corrected chi connectivity index (χ4v) is 6.25. The Balaban J connectivity index is 2.12. The molecule has 0 unspecified atom stereocenters. The molecule has 0 radical (unpaired) electrons. The summed E-state index contributed by atoms with van der Waals surface area (Å²) in [6.45, 7) is 0. The van der Waals surface area contributed by atoms with Gasteiger partial charge < -0.3 is 0 Å². The summed E-state index contributed by atoms with van der Waals surface area (Å²) in [5.74, 6) is -58.6. The van der Waals surface area contributed by atoms with Crippen LogP contribution in [0.1, 0.15) is 0 Å². The molecule has 0 atom stereocenters. The number of halogens is 29. The molecule has 0 fully saturated rings. The molecule has 5 rings (SSSR count). The van der Waals surface area contributed by atoms with E-state index >= 15 is 35.1 Å². The number of allylic oxidation sites excluding steroid dienone is 12. The maximum Gasteiger partial charge on any atom is 0.460 e. The molecule has 0 aromatic carbocycles. The molecule has 358 valence electrons. The number of hydrogen-bond acceptors (Lipinski definition) is 4. The van der Waals surface area contributed by atoms with Gasteiger partial charge in [-0.05, 0) is 58.5 Å². The molecule has 8 bridgehead atoms. The van der Waals surface area contributed by atoms with Crippen molar-refractivity contribution < 1.29 is 123 Å². The van der Waals surface area contributed by atoms with Crippen molar-refractivity contribution in [2.24, 2.45) is 20.0 Å². The smallest absolute Gasteiger partial charge is 0.248 e. The van der Waals surface area contributed by atoms with Crippen LogP contribution in [-0.4, -0.2) is 94.9 Å². The number of hydrogen-bond donors (Lipinski definition) is 0. The Morgan fingerprint density at radius 1 is 0.292 bits per heavy atom. The molecule has 5 aliphatic heterocycles. The molecule has 5 aliphatic rings.